The summed E-state index contributed by atoms with van der Waals surface area (Å²) < 4.78 is 0. The van der Waals surface area contributed by atoms with E-state index in [-0.39, 0.29) is 5.92 Å². The lowest BCUT2D eigenvalue weighted by atomic mass is 9.97. The van der Waals surface area contributed by atoms with Crippen LogP contribution in [0.25, 0.3) is 0 Å². The molecule has 0 spiro atoms. The summed E-state index contributed by atoms with van der Waals surface area (Å²) in [7, 11) is 0. The normalized spacial score (nSPS) is 12.8. The fourth-order valence-electron chi connectivity index (χ4n) is 1.83. The summed E-state index contributed by atoms with van der Waals surface area (Å²) in [5.41, 5.74) is 0. The molecule has 2 nitrogen and oxygen atoms in total. The number of carboxylic acids is 1. The van der Waals surface area contributed by atoms with Crippen molar-refractivity contribution in [3.63, 3.8) is 0 Å². The topological polar surface area (TPSA) is 37.3 Å². The smallest absolute Gasteiger partial charge is 0.306 e. The summed E-state index contributed by atoms with van der Waals surface area (Å²) in [6, 6.07) is 0. The Morgan fingerprint density at radius 2 is 1.94 bits per heavy atom. The van der Waals surface area contributed by atoms with Crippen molar-refractivity contribution >= 4 is 5.97 Å². The second-order valence-electron chi connectivity index (χ2n) is 4.43. The molecule has 0 aliphatic rings. The van der Waals surface area contributed by atoms with E-state index >= 15 is 0 Å². The van der Waals surface area contributed by atoms with Crippen molar-refractivity contribution in [2.75, 3.05) is 0 Å². The summed E-state index contributed by atoms with van der Waals surface area (Å²) in [4.78, 5) is 10.9. The zero-order valence-electron chi connectivity index (χ0n) is 11.0. The van der Waals surface area contributed by atoms with Gasteiger partial charge in [0.2, 0.25) is 0 Å². The standard InChI is InChI=1S/C15H26O2/c1-3-5-6-7-8-9-10-11-13-14(12-4-2)15(16)17/h4-6,14H,2-3,7-13H2,1H3,(H,16,17)/b6-5+. The van der Waals surface area contributed by atoms with E-state index in [0.29, 0.717) is 6.42 Å². The molecule has 0 fully saturated rings. The minimum Gasteiger partial charge on any atom is -0.481 e. The lowest BCUT2D eigenvalue weighted by molar-refractivity contribution is -0.141. The lowest BCUT2D eigenvalue weighted by Crippen LogP contribution is -2.12. The molecule has 0 saturated heterocycles. The zero-order chi connectivity index (χ0) is 12.9. The van der Waals surface area contributed by atoms with Crippen molar-refractivity contribution in [1.82, 2.24) is 0 Å². The van der Waals surface area contributed by atoms with Crippen molar-refractivity contribution in [2.24, 2.45) is 5.92 Å². The molecule has 1 N–H and O–H groups in total. The molecule has 17 heavy (non-hydrogen) atoms. The van der Waals surface area contributed by atoms with E-state index in [2.05, 4.69) is 25.7 Å². The number of hydrogen-bond acceptors (Lipinski definition) is 1. The zero-order valence-corrected chi connectivity index (χ0v) is 11.0. The lowest BCUT2D eigenvalue weighted by Gasteiger charge is -2.09. The molecule has 0 saturated carbocycles. The van der Waals surface area contributed by atoms with Crippen LogP contribution < -0.4 is 0 Å². The maximum atomic E-state index is 10.9. The highest BCUT2D eigenvalue weighted by atomic mass is 16.4. The number of allylic oxidation sites excluding steroid dienone is 3. The molecule has 0 amide bonds. The van der Waals surface area contributed by atoms with Crippen molar-refractivity contribution in [3.05, 3.63) is 24.8 Å². The highest BCUT2D eigenvalue weighted by molar-refractivity contribution is 5.70. The molecule has 1 atom stereocenters. The highest BCUT2D eigenvalue weighted by Crippen LogP contribution is 2.15. The van der Waals surface area contributed by atoms with Crippen molar-refractivity contribution in [2.45, 2.75) is 58.3 Å². The Bertz CT molecular complexity index is 231. The van der Waals surface area contributed by atoms with Gasteiger partial charge in [-0.25, -0.2) is 0 Å². The van der Waals surface area contributed by atoms with Crippen LogP contribution in [0.1, 0.15) is 58.3 Å². The summed E-state index contributed by atoms with van der Waals surface area (Å²) in [6.45, 7) is 5.74. The molecule has 0 heterocycles. The second kappa shape index (κ2) is 11.4. The van der Waals surface area contributed by atoms with Gasteiger partial charge in [-0.15, -0.1) is 6.58 Å². The summed E-state index contributed by atoms with van der Waals surface area (Å²) in [5.74, 6) is -0.914. The second-order valence-corrected chi connectivity index (χ2v) is 4.43. The van der Waals surface area contributed by atoms with Crippen LogP contribution in [0.5, 0.6) is 0 Å². The van der Waals surface area contributed by atoms with Gasteiger partial charge in [0.25, 0.3) is 0 Å². The number of rotatable bonds is 11. The predicted octanol–water partition coefficient (Wildman–Crippen LogP) is 4.57. The first-order valence-electron chi connectivity index (χ1n) is 6.71. The first kappa shape index (κ1) is 16.0. The van der Waals surface area contributed by atoms with Crippen molar-refractivity contribution in [1.29, 1.82) is 0 Å². The van der Waals surface area contributed by atoms with Gasteiger partial charge >= 0.3 is 5.97 Å². The third-order valence-corrected chi connectivity index (χ3v) is 2.88. The largest absolute Gasteiger partial charge is 0.481 e. The molecule has 0 aromatic heterocycles. The minimum atomic E-state index is -0.684. The van der Waals surface area contributed by atoms with Gasteiger partial charge in [0, 0.05) is 0 Å². The van der Waals surface area contributed by atoms with Crippen LogP contribution >= 0.6 is 0 Å². The van der Waals surface area contributed by atoms with Crippen LogP contribution in [0.15, 0.2) is 24.8 Å². The first-order chi connectivity index (χ1) is 8.22. The fraction of sp³-hybridized carbons (Fsp3) is 0.667. The summed E-state index contributed by atoms with van der Waals surface area (Å²) in [6.07, 6.45) is 14.4. The van der Waals surface area contributed by atoms with Gasteiger partial charge in [-0.1, -0.05) is 44.4 Å². The van der Waals surface area contributed by atoms with Gasteiger partial charge in [0.05, 0.1) is 5.92 Å². The number of aliphatic carboxylic acids is 1. The monoisotopic (exact) mass is 238 g/mol. The average molecular weight is 238 g/mol. The SMILES string of the molecule is C=CCC(CCCCCC/C=C/CC)C(=O)O. The molecule has 0 bridgehead atoms. The van der Waals surface area contributed by atoms with Crippen LogP contribution in [-0.2, 0) is 4.79 Å². The minimum absolute atomic E-state index is 0.229. The molecule has 98 valence electrons. The average Bonchev–Trinajstić information content (AvgIpc) is 2.31. The predicted molar refractivity (Wildman–Crippen MR) is 73.1 cm³/mol. The van der Waals surface area contributed by atoms with Crippen molar-refractivity contribution in [3.8, 4) is 0 Å². The molecule has 0 aliphatic heterocycles. The Morgan fingerprint density at radius 1 is 1.24 bits per heavy atom. The van der Waals surface area contributed by atoms with Gasteiger partial charge in [0.1, 0.15) is 0 Å². The number of carbonyl (C=O) groups is 1. The Labute approximate surface area is 105 Å². The molecule has 0 rings (SSSR count). The van der Waals surface area contributed by atoms with E-state index in [0.717, 1.165) is 32.1 Å². The van der Waals surface area contributed by atoms with Gasteiger partial charge in [0.15, 0.2) is 0 Å². The molecular formula is C15H26O2. The Hall–Kier alpha value is -1.05. The van der Waals surface area contributed by atoms with Crippen LogP contribution in [-0.4, -0.2) is 11.1 Å². The molecule has 0 aromatic carbocycles. The van der Waals surface area contributed by atoms with Crippen LogP contribution in [0.2, 0.25) is 0 Å². The molecule has 0 aliphatic carbocycles. The third-order valence-electron chi connectivity index (χ3n) is 2.88. The van der Waals surface area contributed by atoms with E-state index in [1.54, 1.807) is 6.08 Å². The molecule has 0 radical (unpaired) electrons. The highest BCUT2D eigenvalue weighted by Gasteiger charge is 2.14. The number of unbranched alkanes of at least 4 members (excludes halogenated alkanes) is 4. The third kappa shape index (κ3) is 9.86. The molecular weight excluding hydrogens is 212 g/mol. The quantitative estimate of drug-likeness (QED) is 0.423. The van der Waals surface area contributed by atoms with Gasteiger partial charge in [-0.05, 0) is 32.1 Å². The first-order valence-corrected chi connectivity index (χ1v) is 6.71. The molecule has 0 aromatic rings. The summed E-state index contributed by atoms with van der Waals surface area (Å²) >= 11 is 0. The maximum Gasteiger partial charge on any atom is 0.306 e. The summed E-state index contributed by atoms with van der Waals surface area (Å²) in [5, 5.41) is 8.95. The van der Waals surface area contributed by atoms with Gasteiger partial charge in [-0.2, -0.15) is 0 Å². The van der Waals surface area contributed by atoms with E-state index in [4.69, 9.17) is 5.11 Å². The Kier molecular flexibility index (Phi) is 10.7. The van der Waals surface area contributed by atoms with Crippen LogP contribution in [0.3, 0.4) is 0 Å². The van der Waals surface area contributed by atoms with E-state index < -0.39 is 5.97 Å². The van der Waals surface area contributed by atoms with Crippen LogP contribution in [0.4, 0.5) is 0 Å². The van der Waals surface area contributed by atoms with Crippen LogP contribution in [0, 0.1) is 5.92 Å². The van der Waals surface area contributed by atoms with Crippen molar-refractivity contribution < 1.29 is 9.90 Å². The van der Waals surface area contributed by atoms with Gasteiger partial charge < -0.3 is 5.11 Å². The van der Waals surface area contributed by atoms with Gasteiger partial charge in [-0.3, -0.25) is 4.79 Å². The van der Waals surface area contributed by atoms with E-state index in [9.17, 15) is 4.79 Å². The Balaban J connectivity index is 3.45. The van der Waals surface area contributed by atoms with E-state index in [1.807, 2.05) is 0 Å². The Morgan fingerprint density at radius 3 is 2.53 bits per heavy atom. The number of hydrogen-bond donors (Lipinski definition) is 1. The maximum absolute atomic E-state index is 10.9. The molecule has 2 heteroatoms. The number of carboxylic acid groups (broad SMARTS) is 1. The molecule has 1 unspecified atom stereocenters. The fourth-order valence-corrected chi connectivity index (χ4v) is 1.83. The van der Waals surface area contributed by atoms with E-state index in [1.165, 1.54) is 12.8 Å².